The zero-order valence-electron chi connectivity index (χ0n) is 16.7. The van der Waals surface area contributed by atoms with Gasteiger partial charge >= 0.3 is 11.9 Å². The standard InChI is InChI=1S/C21H27N3O4/c1-19(2,3)20(4,11-14-8-6-5-7-9-14)21(18(27)28-21)24-16(17(25)26)10-15-12-22-13-23-15/h5-9,12-13,16,24H,10-11H2,1-4H3,(H,22,23)(H,25,26)/t16-,20+,21?/m0/s1. The van der Waals surface area contributed by atoms with Crippen molar-refractivity contribution in [3.8, 4) is 0 Å². The van der Waals surface area contributed by atoms with Crippen LogP contribution in [0.2, 0.25) is 0 Å². The number of nitrogens with zero attached hydrogens (tertiary/aromatic N) is 1. The third kappa shape index (κ3) is 3.54. The minimum atomic E-state index is -1.36. The fraction of sp³-hybridized carbons (Fsp3) is 0.476. The van der Waals surface area contributed by atoms with Gasteiger partial charge in [-0.25, -0.2) is 9.78 Å². The molecule has 2 heterocycles. The molecule has 3 N–H and O–H groups in total. The highest BCUT2D eigenvalue weighted by Crippen LogP contribution is 2.56. The molecule has 0 spiro atoms. The Bertz CT molecular complexity index is 844. The van der Waals surface area contributed by atoms with Crippen LogP contribution in [-0.4, -0.2) is 38.8 Å². The number of rotatable bonds is 8. The van der Waals surface area contributed by atoms with Crippen LogP contribution in [0.25, 0.3) is 0 Å². The Kier molecular flexibility index (Phi) is 5.06. The average Bonchev–Trinajstić information content (AvgIpc) is 3.03. The van der Waals surface area contributed by atoms with E-state index >= 15 is 0 Å². The van der Waals surface area contributed by atoms with E-state index in [0.29, 0.717) is 12.1 Å². The molecule has 7 heteroatoms. The summed E-state index contributed by atoms with van der Waals surface area (Å²) in [5.41, 5.74) is -0.655. The monoisotopic (exact) mass is 385 g/mol. The summed E-state index contributed by atoms with van der Waals surface area (Å²) in [6.07, 6.45) is 3.80. The van der Waals surface area contributed by atoms with Gasteiger partial charge in [0.05, 0.1) is 6.33 Å². The molecule has 3 rings (SSSR count). The normalized spacial score (nSPS) is 22.2. The third-order valence-corrected chi connectivity index (χ3v) is 5.98. The van der Waals surface area contributed by atoms with Crippen molar-refractivity contribution in [1.82, 2.24) is 15.3 Å². The van der Waals surface area contributed by atoms with Crippen molar-refractivity contribution in [2.45, 2.75) is 52.3 Å². The van der Waals surface area contributed by atoms with Crippen LogP contribution in [0, 0.1) is 10.8 Å². The number of imidazole rings is 1. The molecule has 1 saturated heterocycles. The van der Waals surface area contributed by atoms with Crippen LogP contribution in [0.1, 0.15) is 39.0 Å². The van der Waals surface area contributed by atoms with Crippen LogP contribution in [0.15, 0.2) is 42.9 Å². The van der Waals surface area contributed by atoms with E-state index in [9.17, 15) is 14.7 Å². The molecular weight excluding hydrogens is 358 g/mol. The van der Waals surface area contributed by atoms with Gasteiger partial charge in [-0.1, -0.05) is 58.0 Å². The van der Waals surface area contributed by atoms with Crippen LogP contribution in [0.3, 0.4) is 0 Å². The molecule has 1 aliphatic rings. The van der Waals surface area contributed by atoms with Gasteiger partial charge in [0.25, 0.3) is 5.72 Å². The zero-order chi connectivity index (χ0) is 20.6. The molecule has 0 radical (unpaired) electrons. The predicted octanol–water partition coefficient (Wildman–Crippen LogP) is 2.54. The number of carbonyl (C=O) groups excluding carboxylic acids is 1. The smallest absolute Gasteiger partial charge is 0.369 e. The van der Waals surface area contributed by atoms with Crippen molar-refractivity contribution in [1.29, 1.82) is 0 Å². The minimum absolute atomic E-state index is 0.166. The molecule has 0 aliphatic carbocycles. The number of H-pyrrole nitrogens is 1. The zero-order valence-corrected chi connectivity index (χ0v) is 16.7. The van der Waals surface area contributed by atoms with Crippen molar-refractivity contribution >= 4 is 11.9 Å². The molecule has 0 bridgehead atoms. The number of benzene rings is 1. The highest BCUT2D eigenvalue weighted by Gasteiger charge is 2.73. The molecule has 7 nitrogen and oxygen atoms in total. The summed E-state index contributed by atoms with van der Waals surface area (Å²) in [5.74, 6) is -1.47. The number of cyclic esters (lactones) is 1. The summed E-state index contributed by atoms with van der Waals surface area (Å²) < 4.78 is 5.53. The Labute approximate surface area is 164 Å². The van der Waals surface area contributed by atoms with Crippen LogP contribution in [0.4, 0.5) is 0 Å². The van der Waals surface area contributed by atoms with Gasteiger partial charge in [-0.2, -0.15) is 0 Å². The molecule has 1 aromatic carbocycles. The number of aromatic amines is 1. The molecule has 1 aromatic heterocycles. The van der Waals surface area contributed by atoms with Crippen molar-refractivity contribution in [3.05, 3.63) is 54.1 Å². The number of carboxylic acids is 1. The lowest BCUT2D eigenvalue weighted by Crippen LogP contribution is -2.60. The molecule has 0 saturated carbocycles. The van der Waals surface area contributed by atoms with E-state index in [1.165, 1.54) is 6.33 Å². The van der Waals surface area contributed by atoms with Crippen molar-refractivity contribution in [2.75, 3.05) is 0 Å². The van der Waals surface area contributed by atoms with Crippen LogP contribution in [0.5, 0.6) is 0 Å². The van der Waals surface area contributed by atoms with Crippen molar-refractivity contribution in [3.63, 3.8) is 0 Å². The number of hydrogen-bond donors (Lipinski definition) is 3. The number of carbonyl (C=O) groups is 2. The van der Waals surface area contributed by atoms with Gasteiger partial charge in [0.1, 0.15) is 6.04 Å². The van der Waals surface area contributed by atoms with Gasteiger partial charge in [-0.15, -0.1) is 0 Å². The van der Waals surface area contributed by atoms with Gasteiger partial charge in [0.2, 0.25) is 0 Å². The summed E-state index contributed by atoms with van der Waals surface area (Å²) >= 11 is 0. The number of carboxylic acid groups (broad SMARTS) is 1. The lowest BCUT2D eigenvalue weighted by Gasteiger charge is -2.45. The van der Waals surface area contributed by atoms with E-state index in [4.69, 9.17) is 4.74 Å². The predicted molar refractivity (Wildman–Crippen MR) is 103 cm³/mol. The summed E-state index contributed by atoms with van der Waals surface area (Å²) in [6.45, 7) is 8.10. The molecule has 1 fully saturated rings. The Morgan fingerprint density at radius 3 is 2.39 bits per heavy atom. The number of ether oxygens (including phenoxy) is 1. The van der Waals surface area contributed by atoms with E-state index < -0.39 is 29.1 Å². The number of nitrogens with one attached hydrogen (secondary N) is 2. The fourth-order valence-electron chi connectivity index (χ4n) is 3.68. The fourth-order valence-corrected chi connectivity index (χ4v) is 3.68. The maximum Gasteiger partial charge on any atom is 0.369 e. The summed E-state index contributed by atoms with van der Waals surface area (Å²) in [6, 6.07) is 8.85. The minimum Gasteiger partial charge on any atom is -0.480 e. The topological polar surface area (TPSA) is 108 Å². The molecule has 1 aliphatic heterocycles. The first-order valence-electron chi connectivity index (χ1n) is 9.34. The molecule has 28 heavy (non-hydrogen) atoms. The second kappa shape index (κ2) is 7.05. The van der Waals surface area contributed by atoms with Gasteiger partial charge in [-0.05, 0) is 17.4 Å². The van der Waals surface area contributed by atoms with E-state index in [1.54, 1.807) is 6.20 Å². The summed E-state index contributed by atoms with van der Waals surface area (Å²) in [7, 11) is 0. The third-order valence-electron chi connectivity index (χ3n) is 5.98. The lowest BCUT2D eigenvalue weighted by atomic mass is 9.60. The largest absolute Gasteiger partial charge is 0.480 e. The molecular formula is C21H27N3O4. The first-order chi connectivity index (χ1) is 13.1. The summed E-state index contributed by atoms with van der Waals surface area (Å²) in [4.78, 5) is 31.3. The number of epoxide rings is 1. The van der Waals surface area contributed by atoms with Crippen LogP contribution < -0.4 is 5.32 Å². The molecule has 1 unspecified atom stereocenters. The Balaban J connectivity index is 1.94. The SMILES string of the molecule is CC(C)(C)[C@@](C)(Cc1ccccc1)C1(N[C@@H](Cc2cnc[nH]2)C(=O)O)OC1=O. The molecule has 3 atom stereocenters. The number of hydrogen-bond acceptors (Lipinski definition) is 5. The molecule has 150 valence electrons. The quantitative estimate of drug-likeness (QED) is 0.603. The van der Waals surface area contributed by atoms with Crippen molar-refractivity contribution < 1.29 is 19.4 Å². The second-order valence-corrected chi connectivity index (χ2v) is 8.63. The van der Waals surface area contributed by atoms with Crippen LogP contribution in [-0.2, 0) is 27.2 Å². The first-order valence-corrected chi connectivity index (χ1v) is 9.34. The highest BCUT2D eigenvalue weighted by molar-refractivity contribution is 5.94. The van der Waals surface area contributed by atoms with Crippen LogP contribution >= 0.6 is 0 Å². The Morgan fingerprint density at radius 2 is 1.93 bits per heavy atom. The lowest BCUT2D eigenvalue weighted by molar-refractivity contribution is -0.141. The summed E-state index contributed by atoms with van der Waals surface area (Å²) in [5, 5.41) is 12.8. The second-order valence-electron chi connectivity index (χ2n) is 8.63. The van der Waals surface area contributed by atoms with E-state index in [0.717, 1.165) is 5.56 Å². The van der Waals surface area contributed by atoms with E-state index in [-0.39, 0.29) is 11.8 Å². The van der Waals surface area contributed by atoms with Gasteiger partial charge in [0, 0.05) is 23.7 Å². The maximum absolute atomic E-state index is 12.6. The number of aromatic nitrogens is 2. The Hall–Kier alpha value is -2.67. The first kappa shape index (κ1) is 20.1. The van der Waals surface area contributed by atoms with E-state index in [2.05, 4.69) is 15.3 Å². The average molecular weight is 385 g/mol. The molecule has 2 aromatic rings. The number of aliphatic carboxylic acids is 1. The maximum atomic E-state index is 12.6. The van der Waals surface area contributed by atoms with E-state index in [1.807, 2.05) is 58.0 Å². The highest BCUT2D eigenvalue weighted by atomic mass is 16.7. The van der Waals surface area contributed by atoms with Gasteiger partial charge < -0.3 is 14.8 Å². The molecule has 0 amide bonds. The Morgan fingerprint density at radius 1 is 1.29 bits per heavy atom. The van der Waals surface area contributed by atoms with Crippen molar-refractivity contribution in [2.24, 2.45) is 10.8 Å². The van der Waals surface area contributed by atoms with Gasteiger partial charge in [-0.3, -0.25) is 10.1 Å². The van der Waals surface area contributed by atoms with Gasteiger partial charge in [0.15, 0.2) is 0 Å².